The van der Waals surface area contributed by atoms with Crippen molar-refractivity contribution in [1.82, 2.24) is 0 Å². The average molecular weight is 481 g/mol. The molecule has 0 aromatic rings. The summed E-state index contributed by atoms with van der Waals surface area (Å²) in [5.41, 5.74) is -1.24. The number of halogens is 2. The van der Waals surface area contributed by atoms with Gasteiger partial charge in [-0.05, 0) is 66.6 Å². The Bertz CT molecular complexity index is 930. The molecule has 7 heteroatoms. The van der Waals surface area contributed by atoms with Gasteiger partial charge in [-0.25, -0.2) is 4.39 Å². The molecule has 0 aromatic heterocycles. The first kappa shape index (κ1) is 24.6. The summed E-state index contributed by atoms with van der Waals surface area (Å²) in [7, 11) is 0. The van der Waals surface area contributed by atoms with Crippen LogP contribution in [0.15, 0.2) is 23.8 Å². The molecule has 4 rings (SSSR count). The summed E-state index contributed by atoms with van der Waals surface area (Å²) in [5, 5.41) is 11.5. The van der Waals surface area contributed by atoms with Crippen LogP contribution in [0.3, 0.4) is 0 Å². The molecule has 9 atom stereocenters. The van der Waals surface area contributed by atoms with Crippen molar-refractivity contribution in [2.75, 3.05) is 6.61 Å². The van der Waals surface area contributed by atoms with Crippen molar-refractivity contribution in [2.45, 2.75) is 76.9 Å². The van der Waals surface area contributed by atoms with Gasteiger partial charge < -0.3 is 9.84 Å². The van der Waals surface area contributed by atoms with Crippen LogP contribution in [0.4, 0.5) is 4.39 Å². The molecule has 4 aliphatic rings. The van der Waals surface area contributed by atoms with Crippen molar-refractivity contribution in [3.63, 3.8) is 0 Å². The lowest BCUT2D eigenvalue weighted by molar-refractivity contribution is -0.153. The van der Waals surface area contributed by atoms with Gasteiger partial charge in [0.15, 0.2) is 11.6 Å². The Labute approximate surface area is 199 Å². The molecule has 0 unspecified atom stereocenters. The first-order chi connectivity index (χ1) is 15.4. The predicted octanol–water partition coefficient (Wildman–Crippen LogP) is 4.35. The zero-order valence-corrected chi connectivity index (χ0v) is 20.5. The molecule has 0 radical (unpaired) electrons. The van der Waals surface area contributed by atoms with E-state index in [1.807, 2.05) is 27.7 Å². The fourth-order valence-electron chi connectivity index (χ4n) is 7.77. The van der Waals surface area contributed by atoms with Crippen molar-refractivity contribution >= 4 is 29.1 Å². The maximum absolute atomic E-state index is 15.5. The number of Topliss-reactive ketones (excluding diaryl/α,β-unsaturated/α-hetero) is 1. The summed E-state index contributed by atoms with van der Waals surface area (Å²) in [4.78, 5) is 35.9. The molecule has 33 heavy (non-hydrogen) atoms. The number of allylic oxidation sites excluding steroid dienone is 4. The standard InChI is InChI=1S/C26H34ClFO5/c1-5-6-22(32)33-13-20(30)23-14(2)9-16-17-11-19(28)18-10-15(29)7-8-25(18,4)26(17,27)21(31)12-24(16,23)3/h7-8,10,14,16-17,19,21,23,31H,5-6,9,11-13H2,1-4H3/t14-,16+,17+,19+,21+,23-,24+,25+,26+/m1/s1. The largest absolute Gasteiger partial charge is 0.458 e. The van der Waals surface area contributed by atoms with E-state index in [4.69, 9.17) is 16.3 Å². The molecule has 3 fully saturated rings. The van der Waals surface area contributed by atoms with E-state index in [1.54, 1.807) is 6.08 Å². The Kier molecular flexibility index (Phi) is 6.18. The number of fused-ring (bicyclic) bond motifs is 5. The molecule has 0 saturated heterocycles. The van der Waals surface area contributed by atoms with Crippen LogP contribution in [-0.4, -0.2) is 46.4 Å². The molecular weight excluding hydrogens is 447 g/mol. The maximum Gasteiger partial charge on any atom is 0.306 e. The Hall–Kier alpha value is -1.53. The van der Waals surface area contributed by atoms with Crippen molar-refractivity contribution in [3.05, 3.63) is 23.8 Å². The molecule has 182 valence electrons. The highest BCUT2D eigenvalue weighted by molar-refractivity contribution is 6.26. The SMILES string of the molecule is CCCC(=O)OCC(=O)[C@H]1[C@H](C)C[C@H]2[C@@H]3C[C@H](F)C4=CC(=O)C=C[C@]4(C)[C@@]3(Cl)[C@@H](O)C[C@@]21C. The van der Waals surface area contributed by atoms with E-state index < -0.39 is 33.9 Å². The normalized spacial score (nSPS) is 46.2. The third-order valence-electron chi connectivity index (χ3n) is 9.14. The molecule has 4 aliphatic carbocycles. The highest BCUT2D eigenvalue weighted by Gasteiger charge is 2.71. The second kappa shape index (κ2) is 8.30. The zero-order chi connectivity index (χ0) is 24.3. The first-order valence-corrected chi connectivity index (χ1v) is 12.4. The Morgan fingerprint density at radius 1 is 1.27 bits per heavy atom. The number of esters is 1. The Morgan fingerprint density at radius 3 is 2.64 bits per heavy atom. The van der Waals surface area contributed by atoms with Crippen molar-refractivity contribution in [1.29, 1.82) is 0 Å². The van der Waals surface area contributed by atoms with Crippen molar-refractivity contribution in [2.24, 2.45) is 34.5 Å². The van der Waals surface area contributed by atoms with Crippen LogP contribution in [0.25, 0.3) is 0 Å². The average Bonchev–Trinajstić information content (AvgIpc) is 3.00. The van der Waals surface area contributed by atoms with Gasteiger partial charge in [0.25, 0.3) is 0 Å². The molecule has 0 bridgehead atoms. The minimum atomic E-state index is -1.34. The van der Waals surface area contributed by atoms with E-state index in [1.165, 1.54) is 12.2 Å². The molecule has 1 N–H and O–H groups in total. The molecule has 0 aliphatic heterocycles. The van der Waals surface area contributed by atoms with E-state index in [-0.39, 0.29) is 54.7 Å². The van der Waals surface area contributed by atoms with Gasteiger partial charge in [0.1, 0.15) is 12.8 Å². The number of alkyl halides is 2. The summed E-state index contributed by atoms with van der Waals surface area (Å²) in [6, 6.07) is 0. The Balaban J connectivity index is 1.67. The van der Waals surface area contributed by atoms with Crippen LogP contribution in [0, 0.1) is 34.5 Å². The quantitative estimate of drug-likeness (QED) is 0.467. The highest BCUT2D eigenvalue weighted by Crippen LogP contribution is 2.70. The number of aliphatic hydroxyl groups is 1. The minimum absolute atomic E-state index is 0.00474. The maximum atomic E-state index is 15.5. The van der Waals surface area contributed by atoms with Crippen LogP contribution in [-0.2, 0) is 19.1 Å². The lowest BCUT2D eigenvalue weighted by atomic mass is 9.46. The lowest BCUT2D eigenvalue weighted by Crippen LogP contribution is -2.67. The van der Waals surface area contributed by atoms with E-state index >= 15 is 4.39 Å². The number of ketones is 2. The predicted molar refractivity (Wildman–Crippen MR) is 122 cm³/mol. The van der Waals surface area contributed by atoms with E-state index in [0.29, 0.717) is 24.8 Å². The zero-order valence-electron chi connectivity index (χ0n) is 19.8. The van der Waals surface area contributed by atoms with Gasteiger partial charge in [-0.15, -0.1) is 11.6 Å². The van der Waals surface area contributed by atoms with Crippen molar-refractivity contribution < 1.29 is 28.6 Å². The number of carbonyl (C=O) groups is 3. The molecule has 0 aromatic carbocycles. The topological polar surface area (TPSA) is 80.7 Å². The monoisotopic (exact) mass is 480 g/mol. The fourth-order valence-corrected chi connectivity index (χ4v) is 8.26. The van der Waals surface area contributed by atoms with Gasteiger partial charge in [-0.3, -0.25) is 14.4 Å². The van der Waals surface area contributed by atoms with Crippen LogP contribution in [0.2, 0.25) is 0 Å². The van der Waals surface area contributed by atoms with Crippen molar-refractivity contribution in [3.8, 4) is 0 Å². The fraction of sp³-hybridized carbons (Fsp3) is 0.731. The van der Waals surface area contributed by atoms with Gasteiger partial charge >= 0.3 is 5.97 Å². The molecule has 3 saturated carbocycles. The third kappa shape index (κ3) is 3.46. The molecule has 0 heterocycles. The summed E-state index contributed by atoms with van der Waals surface area (Å²) < 4.78 is 20.7. The first-order valence-electron chi connectivity index (χ1n) is 12.0. The third-order valence-corrected chi connectivity index (χ3v) is 10.1. The van der Waals surface area contributed by atoms with Gasteiger partial charge in [0.2, 0.25) is 0 Å². The number of hydrogen-bond acceptors (Lipinski definition) is 5. The minimum Gasteiger partial charge on any atom is -0.458 e. The van der Waals surface area contributed by atoms with Gasteiger partial charge in [-0.1, -0.05) is 33.8 Å². The lowest BCUT2D eigenvalue weighted by Gasteiger charge is -2.63. The number of aliphatic hydroxyl groups excluding tert-OH is 1. The van der Waals surface area contributed by atoms with E-state index in [2.05, 4.69) is 0 Å². The van der Waals surface area contributed by atoms with Crippen LogP contribution in [0.1, 0.15) is 59.8 Å². The van der Waals surface area contributed by atoms with E-state index in [0.717, 1.165) is 0 Å². The summed E-state index contributed by atoms with van der Waals surface area (Å²) in [6.07, 6.45) is 4.09. The van der Waals surface area contributed by atoms with Gasteiger partial charge in [0, 0.05) is 17.8 Å². The van der Waals surface area contributed by atoms with Crippen LogP contribution < -0.4 is 0 Å². The molecule has 0 spiro atoms. The second-order valence-corrected chi connectivity index (χ2v) is 11.6. The van der Waals surface area contributed by atoms with Gasteiger partial charge in [0.05, 0.1) is 11.0 Å². The number of ether oxygens (including phenoxy) is 1. The summed E-state index contributed by atoms with van der Waals surface area (Å²) >= 11 is 7.32. The molecule has 5 nitrogen and oxygen atoms in total. The Morgan fingerprint density at radius 2 is 1.97 bits per heavy atom. The highest BCUT2D eigenvalue weighted by atomic mass is 35.5. The van der Waals surface area contributed by atoms with E-state index in [9.17, 15) is 19.5 Å². The summed E-state index contributed by atoms with van der Waals surface area (Å²) in [5.74, 6) is -1.65. The molecular formula is C26H34ClFO5. The number of carbonyl (C=O) groups excluding carboxylic acids is 3. The van der Waals surface area contributed by atoms with Gasteiger partial charge in [-0.2, -0.15) is 0 Å². The van der Waals surface area contributed by atoms with Crippen LogP contribution >= 0.6 is 11.6 Å². The second-order valence-electron chi connectivity index (χ2n) is 11.0. The number of hydrogen-bond donors (Lipinski definition) is 1. The van der Waals surface area contributed by atoms with Crippen LogP contribution in [0.5, 0.6) is 0 Å². The smallest absolute Gasteiger partial charge is 0.306 e. The summed E-state index contributed by atoms with van der Waals surface area (Å²) in [6.45, 7) is 7.41. The number of rotatable bonds is 5. The molecule has 0 amide bonds.